The fraction of sp³-hybridized carbons (Fsp3) is 0.429. The van der Waals surface area contributed by atoms with Crippen LogP contribution in [0.4, 0.5) is 0 Å². The predicted molar refractivity (Wildman–Crippen MR) is 113 cm³/mol. The summed E-state index contributed by atoms with van der Waals surface area (Å²) in [4.78, 5) is 9.15. The van der Waals surface area contributed by atoms with Gasteiger partial charge in [-0.3, -0.25) is 10.3 Å². The van der Waals surface area contributed by atoms with Gasteiger partial charge in [-0.05, 0) is 50.2 Å². The molecule has 0 radical (unpaired) electrons. The number of nitrogens with one attached hydrogen (secondary N) is 1. The van der Waals surface area contributed by atoms with Crippen LogP contribution >= 0.6 is 11.3 Å². The lowest BCUT2D eigenvalue weighted by Crippen LogP contribution is -2.41. The molecule has 1 fully saturated rings. The van der Waals surface area contributed by atoms with Gasteiger partial charge in [0.05, 0.1) is 24.9 Å². The molecule has 1 aromatic carbocycles. The van der Waals surface area contributed by atoms with E-state index in [0.717, 1.165) is 43.1 Å². The van der Waals surface area contributed by atoms with Gasteiger partial charge in [-0.15, -0.1) is 11.3 Å². The number of thiazole rings is 1. The Morgan fingerprint density at radius 3 is 2.82 bits per heavy atom. The minimum absolute atomic E-state index is 0.252. The summed E-state index contributed by atoms with van der Waals surface area (Å²) in [5.74, 6) is 1.44. The van der Waals surface area contributed by atoms with E-state index in [-0.39, 0.29) is 5.76 Å². The standard InChI is InChI=1S/C21H26N4O2S/c1-3-24-10-4-5-15(24)11-25-12-18(26)19(20(25)22)21-23-17(13-28-21)14-6-8-16(27-2)9-7-14/h6-9,13,15,22,26H,3-5,10-12H2,1-2H3. The molecule has 1 saturated heterocycles. The van der Waals surface area contributed by atoms with Gasteiger partial charge in [0.2, 0.25) is 0 Å². The second kappa shape index (κ2) is 7.93. The van der Waals surface area contributed by atoms with Gasteiger partial charge in [-0.25, -0.2) is 4.98 Å². The maximum Gasteiger partial charge on any atom is 0.135 e. The van der Waals surface area contributed by atoms with Crippen molar-refractivity contribution >= 4 is 22.7 Å². The molecular weight excluding hydrogens is 372 g/mol. The molecule has 2 N–H and O–H groups in total. The van der Waals surface area contributed by atoms with Gasteiger partial charge in [0, 0.05) is 23.5 Å². The summed E-state index contributed by atoms with van der Waals surface area (Å²) in [5.41, 5.74) is 2.42. The molecule has 7 heteroatoms. The first-order valence-corrected chi connectivity index (χ1v) is 10.6. The molecule has 2 aliphatic heterocycles. The number of hydrogen-bond acceptors (Lipinski definition) is 6. The Kier molecular flexibility index (Phi) is 5.37. The van der Waals surface area contributed by atoms with Gasteiger partial charge in [-0.2, -0.15) is 0 Å². The minimum Gasteiger partial charge on any atom is -0.510 e. The number of aliphatic hydroxyl groups is 1. The van der Waals surface area contributed by atoms with E-state index in [4.69, 9.17) is 15.1 Å². The third kappa shape index (κ3) is 3.52. The summed E-state index contributed by atoms with van der Waals surface area (Å²) >= 11 is 1.47. The van der Waals surface area contributed by atoms with Crippen molar-refractivity contribution in [3.63, 3.8) is 0 Å². The first kappa shape index (κ1) is 19.0. The highest BCUT2D eigenvalue weighted by molar-refractivity contribution is 7.11. The van der Waals surface area contributed by atoms with Crippen molar-refractivity contribution in [1.29, 1.82) is 5.41 Å². The molecule has 4 rings (SSSR count). The number of likely N-dealkylation sites (tertiary alicyclic amines) is 1. The molecule has 0 spiro atoms. The first-order valence-electron chi connectivity index (χ1n) is 9.71. The van der Waals surface area contributed by atoms with Crippen LogP contribution in [0.5, 0.6) is 5.75 Å². The van der Waals surface area contributed by atoms with Crippen molar-refractivity contribution in [1.82, 2.24) is 14.8 Å². The number of amidine groups is 1. The second-order valence-corrected chi connectivity index (χ2v) is 8.10. The van der Waals surface area contributed by atoms with Gasteiger partial charge in [-0.1, -0.05) is 6.92 Å². The second-order valence-electron chi connectivity index (χ2n) is 7.24. The van der Waals surface area contributed by atoms with Crippen LogP contribution in [0.3, 0.4) is 0 Å². The zero-order valence-corrected chi connectivity index (χ0v) is 17.1. The fourth-order valence-electron chi connectivity index (χ4n) is 4.07. The Morgan fingerprint density at radius 2 is 2.11 bits per heavy atom. The third-order valence-electron chi connectivity index (χ3n) is 5.62. The number of aromatic nitrogens is 1. The SMILES string of the molecule is CCN1CCCC1CN1CC(O)=C(c2nc(-c3ccc(OC)cc3)cs2)C1=N. The van der Waals surface area contributed by atoms with Gasteiger partial charge in [0.15, 0.2) is 0 Å². The van der Waals surface area contributed by atoms with E-state index < -0.39 is 0 Å². The topological polar surface area (TPSA) is 72.7 Å². The average molecular weight is 399 g/mol. The molecule has 28 heavy (non-hydrogen) atoms. The normalized spacial score (nSPS) is 20.4. The number of ether oxygens (including phenoxy) is 1. The van der Waals surface area contributed by atoms with Gasteiger partial charge in [0.25, 0.3) is 0 Å². The Bertz CT molecular complexity index is 890. The number of aliphatic hydroxyl groups excluding tert-OH is 1. The number of rotatable bonds is 6. The van der Waals surface area contributed by atoms with Gasteiger partial charge >= 0.3 is 0 Å². The van der Waals surface area contributed by atoms with Crippen LogP contribution in [-0.2, 0) is 0 Å². The van der Waals surface area contributed by atoms with Crippen LogP contribution in [0, 0.1) is 5.41 Å². The Hall–Kier alpha value is -2.38. The maximum atomic E-state index is 10.6. The van der Waals surface area contributed by atoms with E-state index in [1.165, 1.54) is 17.8 Å². The molecule has 0 aliphatic carbocycles. The van der Waals surface area contributed by atoms with E-state index in [0.29, 0.717) is 29.0 Å². The van der Waals surface area contributed by atoms with Gasteiger partial charge < -0.3 is 14.7 Å². The summed E-state index contributed by atoms with van der Waals surface area (Å²) in [6.07, 6.45) is 2.37. The molecular formula is C21H26N4O2S. The van der Waals surface area contributed by atoms with Crippen molar-refractivity contribution in [3.8, 4) is 17.0 Å². The van der Waals surface area contributed by atoms with Crippen LogP contribution in [0.25, 0.3) is 16.8 Å². The quantitative estimate of drug-likeness (QED) is 0.773. The van der Waals surface area contributed by atoms with E-state index in [2.05, 4.69) is 11.8 Å². The van der Waals surface area contributed by atoms with Crippen LogP contribution in [0.15, 0.2) is 35.4 Å². The number of benzene rings is 1. The average Bonchev–Trinajstić information content (AvgIpc) is 3.42. The lowest BCUT2D eigenvalue weighted by Gasteiger charge is -2.28. The van der Waals surface area contributed by atoms with Crippen molar-refractivity contribution in [2.45, 2.75) is 25.8 Å². The number of hydrogen-bond donors (Lipinski definition) is 2. The molecule has 0 bridgehead atoms. The van der Waals surface area contributed by atoms with Gasteiger partial charge in [0.1, 0.15) is 22.4 Å². The zero-order chi connectivity index (χ0) is 19.7. The van der Waals surface area contributed by atoms with Crippen LogP contribution < -0.4 is 4.74 Å². The summed E-state index contributed by atoms with van der Waals surface area (Å²) in [5, 5.41) is 21.9. The lowest BCUT2D eigenvalue weighted by atomic mass is 10.1. The van der Waals surface area contributed by atoms with Crippen LogP contribution in [0.2, 0.25) is 0 Å². The molecule has 148 valence electrons. The van der Waals surface area contributed by atoms with Crippen molar-refractivity contribution in [2.75, 3.05) is 33.3 Å². The predicted octanol–water partition coefficient (Wildman–Crippen LogP) is 3.86. The number of likely N-dealkylation sites (N-methyl/N-ethyl adjacent to an activating group) is 1. The molecule has 2 aliphatic rings. The summed E-state index contributed by atoms with van der Waals surface area (Å²) in [6, 6.07) is 8.22. The molecule has 1 unspecified atom stereocenters. The number of nitrogens with zero attached hydrogens (tertiary/aromatic N) is 3. The highest BCUT2D eigenvalue weighted by atomic mass is 32.1. The lowest BCUT2D eigenvalue weighted by molar-refractivity contribution is 0.222. The summed E-state index contributed by atoms with van der Waals surface area (Å²) in [6.45, 7) is 5.55. The molecule has 1 atom stereocenters. The third-order valence-corrected chi connectivity index (χ3v) is 6.48. The van der Waals surface area contributed by atoms with Crippen LogP contribution in [0.1, 0.15) is 24.8 Å². The monoisotopic (exact) mass is 398 g/mol. The first-order chi connectivity index (χ1) is 13.6. The molecule has 3 heterocycles. The summed E-state index contributed by atoms with van der Waals surface area (Å²) < 4.78 is 5.21. The molecule has 1 aromatic heterocycles. The largest absolute Gasteiger partial charge is 0.510 e. The highest BCUT2D eigenvalue weighted by Crippen LogP contribution is 2.33. The van der Waals surface area contributed by atoms with E-state index >= 15 is 0 Å². The molecule has 0 amide bonds. The zero-order valence-electron chi connectivity index (χ0n) is 16.3. The minimum atomic E-state index is 0.252. The number of methoxy groups -OCH3 is 1. The fourth-order valence-corrected chi connectivity index (χ4v) is 4.97. The van der Waals surface area contributed by atoms with E-state index in [1.807, 2.05) is 34.5 Å². The summed E-state index contributed by atoms with van der Waals surface area (Å²) in [7, 11) is 1.65. The van der Waals surface area contributed by atoms with Crippen molar-refractivity contribution in [3.05, 3.63) is 40.4 Å². The Labute approximate surface area is 169 Å². The van der Waals surface area contributed by atoms with E-state index in [9.17, 15) is 5.11 Å². The molecule has 6 nitrogen and oxygen atoms in total. The van der Waals surface area contributed by atoms with Crippen molar-refractivity contribution in [2.24, 2.45) is 0 Å². The Balaban J connectivity index is 1.50. The van der Waals surface area contributed by atoms with Crippen LogP contribution in [-0.4, -0.2) is 65.1 Å². The Morgan fingerprint density at radius 1 is 1.32 bits per heavy atom. The smallest absolute Gasteiger partial charge is 0.135 e. The maximum absolute atomic E-state index is 10.6. The molecule has 2 aromatic rings. The molecule has 0 saturated carbocycles. The van der Waals surface area contributed by atoms with E-state index in [1.54, 1.807) is 7.11 Å². The highest BCUT2D eigenvalue weighted by Gasteiger charge is 2.33. The van der Waals surface area contributed by atoms with Crippen molar-refractivity contribution < 1.29 is 9.84 Å².